The number of phenolic OH excluding ortho intramolecular Hbond substituents is 3. The Balaban J connectivity index is 0.963. The van der Waals surface area contributed by atoms with Crippen LogP contribution in [0.15, 0.2) is 103 Å². The van der Waals surface area contributed by atoms with Crippen molar-refractivity contribution < 1.29 is 118 Å². The third-order valence-corrected chi connectivity index (χ3v) is 25.3. The fourth-order valence-electron chi connectivity index (χ4n) is 18.7. The van der Waals surface area contributed by atoms with Crippen molar-refractivity contribution in [2.45, 2.75) is 208 Å². The molecule has 36 heteroatoms. The van der Waals surface area contributed by atoms with Gasteiger partial charge in [-0.05, 0) is 202 Å². The second kappa shape index (κ2) is 36.8. The topological polar surface area (TPSA) is 525 Å². The van der Waals surface area contributed by atoms with Gasteiger partial charge in [-0.3, -0.25) is 48.5 Å². The number of phenols is 3. The van der Waals surface area contributed by atoms with Gasteiger partial charge in [0.2, 0.25) is 58.9 Å². The number of carbonyl (C=O) groups excluding carboxylic acids is 9. The molecule has 9 amide bonds. The second-order valence-electron chi connectivity index (χ2n) is 34.1. The Labute approximate surface area is 716 Å². The Morgan fingerprint density at radius 1 is 0.659 bits per heavy atom. The van der Waals surface area contributed by atoms with Gasteiger partial charge in [0.15, 0.2) is 17.8 Å². The fraction of sp³-hybridized carbons (Fsp3) is 0.483. The predicted octanol–water partition coefficient (Wildman–Crippen LogP) is 4.43. The molecule has 123 heavy (non-hydrogen) atoms. The van der Waals surface area contributed by atoms with Gasteiger partial charge in [-0.25, -0.2) is 0 Å². The summed E-state index contributed by atoms with van der Waals surface area (Å²) in [6.07, 6.45) is -12.2. The van der Waals surface area contributed by atoms with E-state index in [1.54, 1.807) is 38.1 Å². The first-order valence-electron chi connectivity index (χ1n) is 41.2. The van der Waals surface area contributed by atoms with Gasteiger partial charge in [-0.2, -0.15) is 0 Å². The van der Waals surface area contributed by atoms with Gasteiger partial charge < -0.3 is 123 Å². The highest BCUT2D eigenvalue weighted by molar-refractivity contribution is 6.32. The van der Waals surface area contributed by atoms with Crippen molar-refractivity contribution in [3.8, 4) is 62.9 Å². The number of imide groups is 1. The number of carbonyl (C=O) groups is 9. The summed E-state index contributed by atoms with van der Waals surface area (Å²) in [7, 11) is 1.48. The molecular weight excluding hydrogens is 1640 g/mol. The number of nitrogens with two attached hydrogens (primary N) is 1. The first-order valence-corrected chi connectivity index (χ1v) is 41.9. The van der Waals surface area contributed by atoms with Gasteiger partial charge in [0.25, 0.3) is 0 Å². The van der Waals surface area contributed by atoms with Crippen molar-refractivity contribution in [2.75, 3.05) is 20.3 Å². The minimum atomic E-state index is -2.38. The molecule has 0 unspecified atom stereocenters. The maximum Gasteiger partial charge on any atom is 0.248 e. The molecule has 11 aliphatic rings. The standard InChI is InChI=1S/C87H102Cl2N10O24/c1-7-118-49-13-8-38(9-14-49)24-63(104)93-64(105)33-55-81(112)95-69-46-28-60(120-58-16-11-42(26-52(58)88)73(106)71(85(116)92-55)98-80(111)54(91-6)18-36(2)3)77(122-62-30-47(35-100)75(108)76(109)78(62)123-65-34-87(5,90)79(110)37(4)119-65)61(29-46)121-59-17-12-43(27-53(59)89)74(107)72-86(117)97-70(84(115)94-67-44-20-39-19-40(22-44)23-45(67)21-39)51-31-48(101)32-57(103)66(51)50-25-41(10-15-56(50)102)68(82(113)99-72)96-83(69)114/h8-17,25-29,31-32,36-37,39-40,44-45,47,54-55,62,65,67-76,78-79,91,100-103,106-110H,7,18-24,30,33-35,90H2,1-6H3,(H,92,116)(H,94,115)(H,95,112)(H,96,114)(H,97,117)(H,98,111)(H,99,113)(H,93,104,105)/t37-,39?,40?,44?,45?,47+,54+,55-,62+,65-,67?,68+,69+,70-,71+,72-,73+,74+,75+,76-,78-,79+,87-/m0/s1. The monoisotopic (exact) mass is 1740 g/mol. The van der Waals surface area contributed by atoms with E-state index in [2.05, 4.69) is 47.9 Å². The maximum absolute atomic E-state index is 16.7. The van der Waals surface area contributed by atoms with E-state index in [0.717, 1.165) is 86.7 Å². The Bertz CT molecular complexity index is 5030. The molecule has 1 saturated heterocycles. The van der Waals surface area contributed by atoms with Gasteiger partial charge in [0.05, 0.1) is 53.8 Å². The number of aliphatic hydroxyl groups excluding tert-OH is 6. The van der Waals surface area contributed by atoms with E-state index in [9.17, 15) is 60.3 Å². The van der Waals surface area contributed by atoms with Gasteiger partial charge in [0, 0.05) is 47.7 Å². The second-order valence-corrected chi connectivity index (χ2v) is 34.9. The number of aliphatic hydroxyl groups is 6. The molecule has 6 aromatic rings. The lowest BCUT2D eigenvalue weighted by Gasteiger charge is -2.54. The predicted molar refractivity (Wildman–Crippen MR) is 439 cm³/mol. The minimum Gasteiger partial charge on any atom is -0.508 e. The van der Waals surface area contributed by atoms with Crippen LogP contribution < -0.4 is 72.5 Å². The Morgan fingerprint density at radius 3 is 1.89 bits per heavy atom. The Morgan fingerprint density at radius 2 is 1.28 bits per heavy atom. The van der Waals surface area contributed by atoms with Crippen LogP contribution in [0.25, 0.3) is 11.1 Å². The van der Waals surface area contributed by atoms with E-state index in [1.807, 2.05) is 13.8 Å². The zero-order valence-electron chi connectivity index (χ0n) is 68.1. The molecule has 34 nitrogen and oxygen atoms in total. The van der Waals surface area contributed by atoms with Crippen molar-refractivity contribution in [1.29, 1.82) is 0 Å². The molecule has 658 valence electrons. The summed E-state index contributed by atoms with van der Waals surface area (Å²) in [5, 5.41) is 130. The molecule has 6 fully saturated rings. The number of benzene rings is 6. The van der Waals surface area contributed by atoms with Crippen molar-refractivity contribution in [3.63, 3.8) is 0 Å². The summed E-state index contributed by atoms with van der Waals surface area (Å²) in [5.41, 5.74) is 3.53. The Hall–Kier alpha value is -10.5. The van der Waals surface area contributed by atoms with Crippen molar-refractivity contribution in [1.82, 2.24) is 47.9 Å². The molecule has 6 aliphatic heterocycles. The first-order chi connectivity index (χ1) is 58.5. The summed E-state index contributed by atoms with van der Waals surface area (Å²) in [5.74, 6) is -14.7. The molecule has 5 saturated carbocycles. The number of nitrogens with one attached hydrogen (secondary N) is 9. The molecule has 20 N–H and O–H groups in total. The molecule has 15 bridgehead atoms. The van der Waals surface area contributed by atoms with Crippen LogP contribution >= 0.6 is 23.2 Å². The highest BCUT2D eigenvalue weighted by Crippen LogP contribution is 2.55. The van der Waals surface area contributed by atoms with Crippen LogP contribution in [-0.2, 0) is 59.0 Å². The lowest BCUT2D eigenvalue weighted by molar-refractivity contribution is -0.286. The average molecular weight is 1740 g/mol. The van der Waals surface area contributed by atoms with Gasteiger partial charge in [0.1, 0.15) is 101 Å². The zero-order chi connectivity index (χ0) is 88.1. The van der Waals surface area contributed by atoms with Crippen LogP contribution in [-0.4, -0.2) is 198 Å². The fourth-order valence-corrected chi connectivity index (χ4v) is 19.1. The quantitative estimate of drug-likeness (QED) is 0.0566. The largest absolute Gasteiger partial charge is 0.508 e. The molecule has 17 rings (SSSR count). The number of amides is 9. The van der Waals surface area contributed by atoms with E-state index in [0.29, 0.717) is 29.8 Å². The molecule has 6 aromatic carbocycles. The SMILES string of the molecule is CCOc1ccc(CC(=O)NC(=O)C[C@@H]2NC(=O)[C@H](NC(=O)[C@@H](CC(C)C)NC)[C@H](O)c3ccc(c(Cl)c3)Oc3cc4cc(c3O[C@@H]3C[C@H](CO)[C@@H](O)[C@H](O)[C@H]3O[C@H]3C[C@](C)(N)[C@H](O)[C@H](C)O3)Oc3ccc(cc3Cl)[C@@H](O)[C@@H]3NC(=O)[C@H](NC(=O)[C@@H]4NC2=O)c2ccc(O)c(c2)-c2c(O)cc(O)cc2[C@@H](C(=O)NC2C4CC5CC(C4)CC2C5)NC3=O)cc1. The van der Waals surface area contributed by atoms with Crippen molar-refractivity contribution in [2.24, 2.45) is 41.2 Å². The zero-order valence-corrected chi connectivity index (χ0v) is 69.6. The van der Waals surface area contributed by atoms with Crippen LogP contribution in [0.3, 0.4) is 0 Å². The lowest BCUT2D eigenvalue weighted by Crippen LogP contribution is -2.63. The van der Waals surface area contributed by atoms with E-state index >= 15 is 28.8 Å². The van der Waals surface area contributed by atoms with Crippen LogP contribution in [0.4, 0.5) is 0 Å². The number of rotatable bonds is 18. The van der Waals surface area contributed by atoms with Crippen LogP contribution in [0.5, 0.6) is 51.7 Å². The van der Waals surface area contributed by atoms with E-state index < -0.39 is 222 Å². The van der Waals surface area contributed by atoms with Crippen molar-refractivity contribution >= 4 is 76.4 Å². The molecule has 18 atom stereocenters. The number of halogens is 2. The third-order valence-electron chi connectivity index (χ3n) is 24.7. The first kappa shape index (κ1) is 88.8. The van der Waals surface area contributed by atoms with E-state index in [-0.39, 0.29) is 98.0 Å². The summed E-state index contributed by atoms with van der Waals surface area (Å²) in [6, 6.07) is 6.68. The molecule has 6 heterocycles. The van der Waals surface area contributed by atoms with Crippen molar-refractivity contribution in [3.05, 3.63) is 147 Å². The molecule has 0 radical (unpaired) electrons. The normalized spacial score (nSPS) is 30.6. The highest BCUT2D eigenvalue weighted by Gasteiger charge is 2.53. The lowest BCUT2D eigenvalue weighted by atomic mass is 9.54. The summed E-state index contributed by atoms with van der Waals surface area (Å²) >= 11 is 14.5. The number of ether oxygens (including phenoxy) is 6. The minimum absolute atomic E-state index is 0.0615. The number of aromatic hydroxyl groups is 3. The van der Waals surface area contributed by atoms with Gasteiger partial charge >= 0.3 is 0 Å². The summed E-state index contributed by atoms with van der Waals surface area (Å²) in [6.45, 7) is 8.09. The molecule has 0 spiro atoms. The van der Waals surface area contributed by atoms with Crippen LogP contribution in [0.2, 0.25) is 10.0 Å². The van der Waals surface area contributed by atoms with E-state index in [1.165, 1.54) is 38.2 Å². The average Bonchev–Trinajstić information content (AvgIpc) is 0.756. The van der Waals surface area contributed by atoms with Crippen LogP contribution in [0, 0.1) is 35.5 Å². The number of fused-ring (bicyclic) bond motifs is 15. The summed E-state index contributed by atoms with van der Waals surface area (Å²) < 4.78 is 38.9. The number of hydrogen-bond acceptors (Lipinski definition) is 26. The Kier molecular flexibility index (Phi) is 26.5. The molecule has 5 aliphatic carbocycles. The smallest absolute Gasteiger partial charge is 0.248 e. The maximum atomic E-state index is 16.7. The molecule has 0 aromatic heterocycles. The number of hydrogen-bond donors (Lipinski definition) is 19. The highest BCUT2D eigenvalue weighted by atomic mass is 35.5. The van der Waals surface area contributed by atoms with Gasteiger partial charge in [-0.1, -0.05) is 67.4 Å². The number of likely N-dealkylation sites (N-methyl/N-ethyl adjacent to an activating group) is 1. The molecular formula is C87H102Cl2N10O24. The van der Waals surface area contributed by atoms with E-state index in [4.69, 9.17) is 57.4 Å². The van der Waals surface area contributed by atoms with Crippen LogP contribution in [0.1, 0.15) is 156 Å². The summed E-state index contributed by atoms with van der Waals surface area (Å²) in [4.78, 5) is 139. The van der Waals surface area contributed by atoms with Gasteiger partial charge in [-0.15, -0.1) is 0 Å². The third kappa shape index (κ3) is 19.1.